The lowest BCUT2D eigenvalue weighted by molar-refractivity contribution is 0.0921. The van der Waals surface area contributed by atoms with Crippen LogP contribution in [0.1, 0.15) is 25.3 Å². The SMILES string of the molecule is Nc1ncnc2c1c(-c1cccc(OCP(=O)(O)O)c1)cn2C1CC(CN2CCC2)C1. The molecule has 2 aromatic heterocycles. The molecule has 0 amide bonds. The van der Waals surface area contributed by atoms with Gasteiger partial charge >= 0.3 is 7.60 Å². The summed E-state index contributed by atoms with van der Waals surface area (Å²) in [6, 6.07) is 7.52. The van der Waals surface area contributed by atoms with E-state index in [-0.39, 0.29) is 0 Å². The number of anilines is 1. The van der Waals surface area contributed by atoms with Gasteiger partial charge in [-0.25, -0.2) is 9.97 Å². The van der Waals surface area contributed by atoms with Gasteiger partial charge in [-0.1, -0.05) is 12.1 Å². The molecule has 4 N–H and O–H groups in total. The van der Waals surface area contributed by atoms with Crippen LogP contribution < -0.4 is 10.5 Å². The van der Waals surface area contributed by atoms with Crippen molar-refractivity contribution in [1.29, 1.82) is 0 Å². The molecule has 2 fully saturated rings. The van der Waals surface area contributed by atoms with Gasteiger partial charge in [-0.05, 0) is 56.0 Å². The summed E-state index contributed by atoms with van der Waals surface area (Å²) in [6.07, 6.45) is 6.46. The number of rotatable bonds is 7. The number of likely N-dealkylation sites (tertiary alicyclic amines) is 1. The molecule has 31 heavy (non-hydrogen) atoms. The molecule has 3 aromatic rings. The minimum Gasteiger partial charge on any atom is -0.481 e. The molecule has 1 aromatic carbocycles. The van der Waals surface area contributed by atoms with Crippen molar-refractivity contribution in [3.63, 3.8) is 0 Å². The maximum absolute atomic E-state index is 11.1. The Hall–Kier alpha value is -2.45. The molecule has 10 heteroatoms. The second kappa shape index (κ2) is 7.91. The molecule has 9 nitrogen and oxygen atoms in total. The molecule has 0 bridgehead atoms. The van der Waals surface area contributed by atoms with Gasteiger partial charge < -0.3 is 29.7 Å². The lowest BCUT2D eigenvalue weighted by atomic mass is 9.79. The Morgan fingerprint density at radius 1 is 1.23 bits per heavy atom. The fraction of sp³-hybridized carbons (Fsp3) is 0.429. The standard InChI is InChI=1S/C21H26N5O4P/c22-20-19-18(15-3-1-4-17(9-15)30-13-31(27,28)29)11-26(21(19)24-12-23-20)16-7-14(8-16)10-25-5-2-6-25/h1,3-4,9,11-12,14,16H,2,5-8,10,13H2,(H2,22,23,24)(H2,27,28,29). The van der Waals surface area contributed by atoms with E-state index in [1.807, 2.05) is 6.07 Å². The van der Waals surface area contributed by atoms with E-state index in [9.17, 15) is 4.57 Å². The van der Waals surface area contributed by atoms with Gasteiger partial charge in [0.05, 0.1) is 5.39 Å². The third-order valence-electron chi connectivity index (χ3n) is 6.25. The van der Waals surface area contributed by atoms with Gasteiger partial charge in [0.1, 0.15) is 23.5 Å². The van der Waals surface area contributed by atoms with Gasteiger partial charge in [-0.3, -0.25) is 4.57 Å². The Morgan fingerprint density at radius 2 is 2.03 bits per heavy atom. The van der Waals surface area contributed by atoms with Crippen LogP contribution in [0.3, 0.4) is 0 Å². The highest BCUT2D eigenvalue weighted by Gasteiger charge is 2.34. The lowest BCUT2D eigenvalue weighted by Gasteiger charge is -2.42. The van der Waals surface area contributed by atoms with Crippen molar-refractivity contribution < 1.29 is 19.1 Å². The molecule has 1 saturated carbocycles. The fourth-order valence-corrected chi connectivity index (χ4v) is 4.84. The minimum absolute atomic E-state index is 0.380. The summed E-state index contributed by atoms with van der Waals surface area (Å²) < 4.78 is 18.6. The Morgan fingerprint density at radius 3 is 2.74 bits per heavy atom. The van der Waals surface area contributed by atoms with E-state index >= 15 is 0 Å². The first-order chi connectivity index (χ1) is 14.9. The summed E-state index contributed by atoms with van der Waals surface area (Å²) in [5, 5.41) is 0.792. The number of nitrogen functional groups attached to an aromatic ring is 1. The number of ether oxygens (including phenoxy) is 1. The van der Waals surface area contributed by atoms with Crippen LogP contribution in [0.5, 0.6) is 5.75 Å². The lowest BCUT2D eigenvalue weighted by Crippen LogP contribution is -2.43. The second-order valence-corrected chi connectivity index (χ2v) is 10.1. The van der Waals surface area contributed by atoms with E-state index in [4.69, 9.17) is 20.3 Å². The fourth-order valence-electron chi connectivity index (χ4n) is 4.52. The number of nitrogens with two attached hydrogens (primary N) is 1. The van der Waals surface area contributed by atoms with Crippen LogP contribution in [0.2, 0.25) is 0 Å². The van der Waals surface area contributed by atoms with Gasteiger partial charge in [-0.2, -0.15) is 0 Å². The monoisotopic (exact) mass is 443 g/mol. The minimum atomic E-state index is -4.26. The van der Waals surface area contributed by atoms with Crippen LogP contribution in [-0.4, -0.2) is 55.2 Å². The Labute approximate surface area is 180 Å². The van der Waals surface area contributed by atoms with Crippen LogP contribution in [0.4, 0.5) is 5.82 Å². The molecule has 0 spiro atoms. The van der Waals surface area contributed by atoms with Crippen LogP contribution in [0, 0.1) is 5.92 Å². The summed E-state index contributed by atoms with van der Waals surface area (Å²) in [6.45, 7) is 3.63. The molecule has 5 rings (SSSR count). The number of benzene rings is 1. The summed E-state index contributed by atoms with van der Waals surface area (Å²) >= 11 is 0. The Kier molecular flexibility index (Phi) is 5.22. The normalized spacial score (nSPS) is 21.6. The van der Waals surface area contributed by atoms with Crippen LogP contribution >= 0.6 is 7.60 Å². The van der Waals surface area contributed by atoms with E-state index in [2.05, 4.69) is 25.6 Å². The molecule has 1 aliphatic heterocycles. The zero-order chi connectivity index (χ0) is 21.6. The highest BCUT2D eigenvalue weighted by Crippen LogP contribution is 2.44. The number of hydrogen-bond acceptors (Lipinski definition) is 6. The van der Waals surface area contributed by atoms with Crippen molar-refractivity contribution in [2.24, 2.45) is 5.92 Å². The molecule has 3 heterocycles. The molecule has 1 aliphatic carbocycles. The molecule has 0 atom stereocenters. The number of fused-ring (bicyclic) bond motifs is 1. The average Bonchev–Trinajstić information content (AvgIpc) is 3.04. The van der Waals surface area contributed by atoms with Crippen molar-refractivity contribution in [3.8, 4) is 16.9 Å². The van der Waals surface area contributed by atoms with Gasteiger partial charge in [0.25, 0.3) is 0 Å². The molecule has 2 aliphatic rings. The van der Waals surface area contributed by atoms with Crippen LogP contribution in [0.15, 0.2) is 36.8 Å². The molecule has 0 unspecified atom stereocenters. The van der Waals surface area contributed by atoms with E-state index in [1.54, 1.807) is 18.2 Å². The molecular weight excluding hydrogens is 417 g/mol. The van der Waals surface area contributed by atoms with Crippen molar-refractivity contribution in [2.75, 3.05) is 31.7 Å². The van der Waals surface area contributed by atoms with Gasteiger partial charge in [0, 0.05) is 24.3 Å². The number of aromatic nitrogens is 3. The summed E-state index contributed by atoms with van der Waals surface area (Å²) in [7, 11) is -4.26. The molecule has 164 valence electrons. The van der Waals surface area contributed by atoms with Gasteiger partial charge in [0.15, 0.2) is 6.35 Å². The van der Waals surface area contributed by atoms with Crippen molar-refractivity contribution in [2.45, 2.75) is 25.3 Å². The largest absolute Gasteiger partial charge is 0.481 e. The predicted molar refractivity (Wildman–Crippen MR) is 118 cm³/mol. The first-order valence-corrected chi connectivity index (χ1v) is 12.3. The zero-order valence-electron chi connectivity index (χ0n) is 17.1. The third-order valence-corrected chi connectivity index (χ3v) is 6.72. The number of nitrogens with zero attached hydrogens (tertiary/aromatic N) is 4. The van der Waals surface area contributed by atoms with Gasteiger partial charge in [-0.15, -0.1) is 0 Å². The summed E-state index contributed by atoms with van der Waals surface area (Å²) in [5.41, 5.74) is 8.78. The third kappa shape index (κ3) is 4.19. The Bertz CT molecular complexity index is 1150. The van der Waals surface area contributed by atoms with Crippen LogP contribution in [-0.2, 0) is 4.57 Å². The summed E-state index contributed by atoms with van der Waals surface area (Å²) in [4.78, 5) is 29.4. The molecule has 1 saturated heterocycles. The van der Waals surface area contributed by atoms with Gasteiger partial charge in [0.2, 0.25) is 0 Å². The number of hydrogen-bond donors (Lipinski definition) is 3. The highest BCUT2D eigenvalue weighted by atomic mass is 31.2. The first kappa shape index (κ1) is 20.5. The summed E-state index contributed by atoms with van der Waals surface area (Å²) in [5.74, 6) is 1.52. The van der Waals surface area contributed by atoms with E-state index in [0.29, 0.717) is 17.6 Å². The highest BCUT2D eigenvalue weighted by molar-refractivity contribution is 7.51. The second-order valence-electron chi connectivity index (χ2n) is 8.52. The van der Waals surface area contributed by atoms with Crippen molar-refractivity contribution in [1.82, 2.24) is 19.4 Å². The predicted octanol–water partition coefficient (Wildman–Crippen LogP) is 2.85. The average molecular weight is 443 g/mol. The van der Waals surface area contributed by atoms with E-state index in [0.717, 1.165) is 40.9 Å². The van der Waals surface area contributed by atoms with Crippen molar-refractivity contribution in [3.05, 3.63) is 36.8 Å². The van der Waals surface area contributed by atoms with Crippen molar-refractivity contribution >= 4 is 24.4 Å². The molecular formula is C21H26N5O4P. The Balaban J connectivity index is 1.44. The van der Waals surface area contributed by atoms with E-state index in [1.165, 1.54) is 32.4 Å². The van der Waals surface area contributed by atoms with Crippen LogP contribution in [0.25, 0.3) is 22.2 Å². The molecule has 0 radical (unpaired) electrons. The zero-order valence-corrected chi connectivity index (χ0v) is 18.0. The quantitative estimate of drug-likeness (QED) is 0.476. The topological polar surface area (TPSA) is 127 Å². The first-order valence-electron chi connectivity index (χ1n) is 10.5. The smallest absolute Gasteiger partial charge is 0.362 e. The maximum Gasteiger partial charge on any atom is 0.362 e. The van der Waals surface area contributed by atoms with E-state index < -0.39 is 13.9 Å². The maximum atomic E-state index is 11.1.